The molecule has 2 aromatic heterocycles. The van der Waals surface area contributed by atoms with Gasteiger partial charge in [-0.3, -0.25) is 4.79 Å². The highest BCUT2D eigenvalue weighted by Gasteiger charge is 2.19. The maximum Gasteiger partial charge on any atom is 0.258 e. The Hall–Kier alpha value is -3.19. The average molecular weight is 340 g/mol. The zero-order valence-electron chi connectivity index (χ0n) is 12.2. The van der Waals surface area contributed by atoms with E-state index in [4.69, 9.17) is 16.2 Å². The second-order valence-corrected chi connectivity index (χ2v) is 5.41. The Bertz CT molecular complexity index is 1010. The number of hydrogen-bond acceptors (Lipinski definition) is 5. The summed E-state index contributed by atoms with van der Waals surface area (Å²) in [7, 11) is 0. The number of H-pyrrole nitrogens is 1. The molecule has 0 aliphatic heterocycles. The number of rotatable bonds is 3. The number of para-hydroxylation sites is 2. The van der Waals surface area contributed by atoms with Crippen molar-refractivity contribution in [2.45, 2.75) is 0 Å². The number of benzene rings is 2. The molecule has 4 aromatic rings. The highest BCUT2D eigenvalue weighted by molar-refractivity contribution is 6.34. The number of halogens is 1. The quantitative estimate of drug-likeness (QED) is 0.595. The van der Waals surface area contributed by atoms with Gasteiger partial charge in [-0.15, -0.1) is 0 Å². The van der Waals surface area contributed by atoms with Gasteiger partial charge in [0.15, 0.2) is 11.5 Å². The van der Waals surface area contributed by atoms with E-state index < -0.39 is 5.91 Å². The second-order valence-electron chi connectivity index (χ2n) is 5.00. The average Bonchev–Trinajstić information content (AvgIpc) is 3.21. The molecule has 24 heavy (non-hydrogen) atoms. The Balaban J connectivity index is 1.68. The summed E-state index contributed by atoms with van der Waals surface area (Å²) < 4.78 is 4.76. The Morgan fingerprint density at radius 1 is 1.08 bits per heavy atom. The molecule has 2 N–H and O–H groups in total. The molecule has 0 radical (unpaired) electrons. The van der Waals surface area contributed by atoms with Crippen molar-refractivity contribution in [3.05, 3.63) is 59.1 Å². The molecule has 4 rings (SSSR count). The van der Waals surface area contributed by atoms with E-state index in [9.17, 15) is 4.79 Å². The van der Waals surface area contributed by atoms with Crippen LogP contribution in [0.25, 0.3) is 22.6 Å². The van der Waals surface area contributed by atoms with Crippen molar-refractivity contribution in [2.75, 3.05) is 5.32 Å². The van der Waals surface area contributed by atoms with E-state index in [0.717, 1.165) is 11.0 Å². The fourth-order valence-corrected chi connectivity index (χ4v) is 2.53. The van der Waals surface area contributed by atoms with Gasteiger partial charge in [0, 0.05) is 0 Å². The first-order valence-electron chi connectivity index (χ1n) is 7.06. The summed E-state index contributed by atoms with van der Waals surface area (Å²) in [6.07, 6.45) is 0. The number of fused-ring (bicyclic) bond motifs is 1. The van der Waals surface area contributed by atoms with Crippen LogP contribution in [0.2, 0.25) is 5.02 Å². The molecule has 2 heterocycles. The molecule has 0 aliphatic rings. The van der Waals surface area contributed by atoms with Crippen molar-refractivity contribution in [3.63, 3.8) is 0 Å². The highest BCUT2D eigenvalue weighted by atomic mass is 35.5. The third kappa shape index (κ3) is 2.50. The summed E-state index contributed by atoms with van der Waals surface area (Å²) in [4.78, 5) is 19.9. The number of amides is 1. The molecule has 0 aliphatic carbocycles. The Morgan fingerprint density at radius 3 is 2.71 bits per heavy atom. The summed E-state index contributed by atoms with van der Waals surface area (Å²) in [5, 5.41) is 10.5. The van der Waals surface area contributed by atoms with E-state index in [0.29, 0.717) is 22.1 Å². The summed E-state index contributed by atoms with van der Waals surface area (Å²) in [6, 6.07) is 14.3. The summed E-state index contributed by atoms with van der Waals surface area (Å²) in [5.41, 5.74) is 2.27. The second kappa shape index (κ2) is 5.78. The molecular formula is C16H10ClN5O2. The number of carbonyl (C=O) groups is 1. The zero-order chi connectivity index (χ0) is 16.5. The molecular weight excluding hydrogens is 330 g/mol. The smallest absolute Gasteiger partial charge is 0.258 e. The van der Waals surface area contributed by atoms with Crippen molar-refractivity contribution in [1.82, 2.24) is 20.3 Å². The number of aromatic nitrogens is 4. The van der Waals surface area contributed by atoms with Crippen LogP contribution in [0.3, 0.4) is 0 Å². The minimum Gasteiger partial charge on any atom is -0.336 e. The molecule has 1 amide bonds. The monoisotopic (exact) mass is 339 g/mol. The van der Waals surface area contributed by atoms with Crippen molar-refractivity contribution in [1.29, 1.82) is 0 Å². The molecule has 0 unspecified atom stereocenters. The van der Waals surface area contributed by atoms with Gasteiger partial charge in [0.2, 0.25) is 5.82 Å². The summed E-state index contributed by atoms with van der Waals surface area (Å²) in [6.45, 7) is 0. The van der Waals surface area contributed by atoms with Crippen molar-refractivity contribution < 1.29 is 9.42 Å². The predicted octanol–water partition coefficient (Wildman–Crippen LogP) is 3.52. The molecule has 2 aromatic carbocycles. The minimum absolute atomic E-state index is 0.166. The van der Waals surface area contributed by atoms with Gasteiger partial charge in [0.05, 0.1) is 21.6 Å². The largest absolute Gasteiger partial charge is 0.336 e. The predicted molar refractivity (Wildman–Crippen MR) is 88.8 cm³/mol. The summed E-state index contributed by atoms with van der Waals surface area (Å²) in [5.74, 6) is 0.208. The van der Waals surface area contributed by atoms with Crippen molar-refractivity contribution in [3.8, 4) is 11.5 Å². The van der Waals surface area contributed by atoms with E-state index in [1.807, 2.05) is 24.3 Å². The van der Waals surface area contributed by atoms with E-state index in [-0.39, 0.29) is 5.82 Å². The lowest BCUT2D eigenvalue weighted by Crippen LogP contribution is -2.13. The minimum atomic E-state index is -0.409. The van der Waals surface area contributed by atoms with Crippen LogP contribution in [0.15, 0.2) is 53.2 Å². The first-order valence-corrected chi connectivity index (χ1v) is 7.44. The van der Waals surface area contributed by atoms with Crippen LogP contribution < -0.4 is 5.32 Å². The Kier molecular flexibility index (Phi) is 3.47. The molecule has 7 nitrogen and oxygen atoms in total. The van der Waals surface area contributed by atoms with Gasteiger partial charge in [0.25, 0.3) is 5.91 Å². The number of imidazole rings is 1. The van der Waals surface area contributed by atoms with Gasteiger partial charge in [-0.25, -0.2) is 9.61 Å². The van der Waals surface area contributed by atoms with Crippen LogP contribution in [-0.4, -0.2) is 26.2 Å². The lowest BCUT2D eigenvalue weighted by atomic mass is 10.2. The normalized spacial score (nSPS) is 10.9. The Morgan fingerprint density at radius 2 is 1.88 bits per heavy atom. The fourth-order valence-electron chi connectivity index (χ4n) is 2.31. The third-order valence-corrected chi connectivity index (χ3v) is 3.78. The van der Waals surface area contributed by atoms with Crippen LogP contribution >= 0.6 is 11.6 Å². The van der Waals surface area contributed by atoms with Gasteiger partial charge in [0.1, 0.15) is 0 Å². The van der Waals surface area contributed by atoms with Crippen LogP contribution in [0, 0.1) is 0 Å². The lowest BCUT2D eigenvalue weighted by Gasteiger charge is -2.03. The zero-order valence-corrected chi connectivity index (χ0v) is 12.9. The number of anilines is 1. The Labute approximate surface area is 140 Å². The lowest BCUT2D eigenvalue weighted by molar-refractivity contribution is 0.102. The first-order chi connectivity index (χ1) is 11.7. The van der Waals surface area contributed by atoms with Gasteiger partial charge < -0.3 is 10.3 Å². The molecule has 0 saturated carbocycles. The maximum absolute atomic E-state index is 12.4. The van der Waals surface area contributed by atoms with Crippen molar-refractivity contribution >= 4 is 34.4 Å². The summed E-state index contributed by atoms with van der Waals surface area (Å²) >= 11 is 6.03. The van der Waals surface area contributed by atoms with E-state index in [1.165, 1.54) is 0 Å². The van der Waals surface area contributed by atoms with Crippen LogP contribution in [0.4, 0.5) is 5.82 Å². The fraction of sp³-hybridized carbons (Fsp3) is 0. The third-order valence-electron chi connectivity index (χ3n) is 3.45. The molecule has 8 heteroatoms. The van der Waals surface area contributed by atoms with Gasteiger partial charge in [-0.1, -0.05) is 35.9 Å². The molecule has 0 atom stereocenters. The molecule has 118 valence electrons. The topological polar surface area (TPSA) is 96.7 Å². The molecule has 0 bridgehead atoms. The van der Waals surface area contributed by atoms with Gasteiger partial charge >= 0.3 is 0 Å². The highest BCUT2D eigenvalue weighted by Crippen LogP contribution is 2.25. The number of nitrogens with one attached hydrogen (secondary N) is 2. The van der Waals surface area contributed by atoms with E-state index >= 15 is 0 Å². The molecule has 0 fully saturated rings. The van der Waals surface area contributed by atoms with E-state index in [2.05, 4.69) is 25.6 Å². The van der Waals surface area contributed by atoms with Gasteiger partial charge in [-0.2, -0.15) is 0 Å². The van der Waals surface area contributed by atoms with Crippen LogP contribution in [-0.2, 0) is 0 Å². The van der Waals surface area contributed by atoms with Crippen LogP contribution in [0.1, 0.15) is 10.4 Å². The standard InChI is InChI=1S/C16H10ClN5O2/c17-10-6-2-1-5-9(10)16(23)20-15-13(21-24-22-15)14-18-11-7-3-4-8-12(11)19-14/h1-8H,(H,18,19)(H,20,22,23). The number of hydrogen-bond donors (Lipinski definition) is 2. The molecule has 0 spiro atoms. The molecule has 0 saturated heterocycles. The first kappa shape index (κ1) is 14.4. The SMILES string of the molecule is O=C(Nc1nonc1-c1nc2ccccc2[nH]1)c1ccccc1Cl. The van der Waals surface area contributed by atoms with E-state index in [1.54, 1.807) is 24.3 Å². The number of carbonyl (C=O) groups excluding carboxylic acids is 1. The van der Waals surface area contributed by atoms with Crippen LogP contribution in [0.5, 0.6) is 0 Å². The van der Waals surface area contributed by atoms with Crippen molar-refractivity contribution in [2.24, 2.45) is 0 Å². The number of nitrogens with zero attached hydrogens (tertiary/aromatic N) is 3. The maximum atomic E-state index is 12.4. The number of aromatic amines is 1. The van der Waals surface area contributed by atoms with Gasteiger partial charge in [-0.05, 0) is 34.6 Å².